The average molecular weight is 304 g/mol. The summed E-state index contributed by atoms with van der Waals surface area (Å²) in [5.41, 5.74) is 0.668. The van der Waals surface area contributed by atoms with E-state index in [0.717, 1.165) is 0 Å². The van der Waals surface area contributed by atoms with Gasteiger partial charge in [-0.2, -0.15) is 0 Å². The van der Waals surface area contributed by atoms with Gasteiger partial charge >= 0.3 is 0 Å². The Morgan fingerprint density at radius 2 is 2.09 bits per heavy atom. The fourth-order valence-corrected chi connectivity index (χ4v) is 1.49. The first-order chi connectivity index (χ1) is 10.6. The van der Waals surface area contributed by atoms with Crippen LogP contribution in [0.15, 0.2) is 24.3 Å². The van der Waals surface area contributed by atoms with Crippen LogP contribution in [0.5, 0.6) is 5.75 Å². The van der Waals surface area contributed by atoms with Crippen molar-refractivity contribution in [2.75, 3.05) is 31.7 Å². The number of hydrogen-bond acceptors (Lipinski definition) is 4. The molecule has 0 saturated carbocycles. The summed E-state index contributed by atoms with van der Waals surface area (Å²) >= 11 is 0. The second kappa shape index (κ2) is 10.2. The molecule has 118 valence electrons. The lowest BCUT2D eigenvalue weighted by atomic mass is 10.3. The third-order valence-electron chi connectivity index (χ3n) is 2.40. The molecule has 0 heterocycles. The molecule has 22 heavy (non-hydrogen) atoms. The molecule has 1 aromatic rings. The predicted molar refractivity (Wildman–Crippen MR) is 83.5 cm³/mol. The molecular formula is C16H20N2O4. The van der Waals surface area contributed by atoms with Crippen molar-refractivity contribution in [3.8, 4) is 17.6 Å². The Hall–Kier alpha value is -2.52. The number of carbonyl (C=O) groups excluding carboxylic acids is 2. The quantitative estimate of drug-likeness (QED) is 0.742. The van der Waals surface area contributed by atoms with E-state index in [1.54, 1.807) is 24.3 Å². The van der Waals surface area contributed by atoms with Crippen molar-refractivity contribution < 1.29 is 19.1 Å². The zero-order valence-electron chi connectivity index (χ0n) is 12.8. The maximum absolute atomic E-state index is 11.2. The van der Waals surface area contributed by atoms with Crippen molar-refractivity contribution >= 4 is 17.5 Å². The largest absolute Gasteiger partial charge is 0.481 e. The van der Waals surface area contributed by atoms with Crippen LogP contribution in [0.2, 0.25) is 0 Å². The van der Waals surface area contributed by atoms with Crippen LogP contribution in [0.1, 0.15) is 13.8 Å². The third-order valence-corrected chi connectivity index (χ3v) is 2.40. The van der Waals surface area contributed by atoms with E-state index in [4.69, 9.17) is 9.47 Å². The number of rotatable bonds is 7. The topological polar surface area (TPSA) is 76.7 Å². The fourth-order valence-electron chi connectivity index (χ4n) is 1.49. The second-order valence-electron chi connectivity index (χ2n) is 4.27. The molecule has 6 heteroatoms. The number of amides is 2. The molecule has 0 aliphatic rings. The van der Waals surface area contributed by atoms with Gasteiger partial charge < -0.3 is 20.1 Å². The first-order valence-corrected chi connectivity index (χ1v) is 6.92. The number of carbonyl (C=O) groups is 2. The SMILES string of the molecule is CCOCC(=O)NCC#CCOc1cccc(NC(C)=O)c1. The highest BCUT2D eigenvalue weighted by atomic mass is 16.5. The lowest BCUT2D eigenvalue weighted by molar-refractivity contribution is -0.125. The van der Waals surface area contributed by atoms with E-state index in [-0.39, 0.29) is 31.6 Å². The Kier molecular flexibility index (Phi) is 8.16. The van der Waals surface area contributed by atoms with E-state index >= 15 is 0 Å². The molecule has 0 bridgehead atoms. The summed E-state index contributed by atoms with van der Waals surface area (Å²) in [6.07, 6.45) is 0. The maximum Gasteiger partial charge on any atom is 0.246 e. The average Bonchev–Trinajstić information content (AvgIpc) is 2.48. The van der Waals surface area contributed by atoms with Gasteiger partial charge in [-0.1, -0.05) is 17.9 Å². The van der Waals surface area contributed by atoms with Gasteiger partial charge in [0.2, 0.25) is 11.8 Å². The van der Waals surface area contributed by atoms with Gasteiger partial charge in [-0.3, -0.25) is 9.59 Å². The molecule has 0 radical (unpaired) electrons. The molecule has 0 fully saturated rings. The van der Waals surface area contributed by atoms with Crippen LogP contribution in [-0.4, -0.2) is 38.2 Å². The van der Waals surface area contributed by atoms with E-state index in [9.17, 15) is 9.59 Å². The van der Waals surface area contributed by atoms with Gasteiger partial charge in [-0.05, 0) is 19.1 Å². The van der Waals surface area contributed by atoms with Crippen LogP contribution < -0.4 is 15.4 Å². The minimum atomic E-state index is -0.194. The number of hydrogen-bond donors (Lipinski definition) is 2. The molecule has 1 aromatic carbocycles. The van der Waals surface area contributed by atoms with Crippen LogP contribution in [0.25, 0.3) is 0 Å². The highest BCUT2D eigenvalue weighted by Gasteiger charge is 1.98. The number of ether oxygens (including phenoxy) is 2. The number of benzene rings is 1. The highest BCUT2D eigenvalue weighted by molar-refractivity contribution is 5.88. The second-order valence-corrected chi connectivity index (χ2v) is 4.27. The van der Waals surface area contributed by atoms with Crippen molar-refractivity contribution in [2.24, 2.45) is 0 Å². The van der Waals surface area contributed by atoms with E-state index in [1.165, 1.54) is 6.92 Å². The van der Waals surface area contributed by atoms with Crippen LogP contribution in [-0.2, 0) is 14.3 Å². The number of anilines is 1. The van der Waals surface area contributed by atoms with Crippen LogP contribution in [0.4, 0.5) is 5.69 Å². The van der Waals surface area contributed by atoms with Gasteiger partial charge in [-0.15, -0.1) is 0 Å². The molecule has 0 saturated heterocycles. The molecule has 1 rings (SSSR count). The van der Waals surface area contributed by atoms with Crippen molar-refractivity contribution in [3.05, 3.63) is 24.3 Å². The molecule has 0 unspecified atom stereocenters. The summed E-state index contributed by atoms with van der Waals surface area (Å²) in [5.74, 6) is 5.85. The molecule has 0 spiro atoms. The Morgan fingerprint density at radius 3 is 2.82 bits per heavy atom. The van der Waals surface area contributed by atoms with Gasteiger partial charge in [0.05, 0.1) is 6.54 Å². The lowest BCUT2D eigenvalue weighted by Crippen LogP contribution is -2.27. The van der Waals surface area contributed by atoms with Crippen molar-refractivity contribution in [1.82, 2.24) is 5.32 Å². The van der Waals surface area contributed by atoms with Crippen molar-refractivity contribution in [1.29, 1.82) is 0 Å². The van der Waals surface area contributed by atoms with Crippen molar-refractivity contribution in [2.45, 2.75) is 13.8 Å². The standard InChI is InChI=1S/C16H20N2O4/c1-3-21-12-16(20)17-9-4-5-10-22-15-8-6-7-14(11-15)18-13(2)19/h6-8,11H,3,9-10,12H2,1-2H3,(H,17,20)(H,18,19). The van der Waals surface area contributed by atoms with Gasteiger partial charge in [0, 0.05) is 25.3 Å². The summed E-state index contributed by atoms with van der Waals surface area (Å²) in [7, 11) is 0. The lowest BCUT2D eigenvalue weighted by Gasteiger charge is -2.05. The number of nitrogens with one attached hydrogen (secondary N) is 2. The highest BCUT2D eigenvalue weighted by Crippen LogP contribution is 2.16. The molecule has 0 atom stereocenters. The Bertz CT molecular complexity index is 561. The van der Waals surface area contributed by atoms with E-state index in [2.05, 4.69) is 22.5 Å². The van der Waals surface area contributed by atoms with Gasteiger partial charge in [-0.25, -0.2) is 0 Å². The zero-order chi connectivity index (χ0) is 16.2. The van der Waals surface area contributed by atoms with Crippen LogP contribution in [0.3, 0.4) is 0 Å². The molecule has 0 aliphatic heterocycles. The summed E-state index contributed by atoms with van der Waals surface area (Å²) in [6.45, 7) is 4.27. The summed E-state index contributed by atoms with van der Waals surface area (Å²) in [5, 5.41) is 5.28. The normalized spacial score (nSPS) is 9.36. The van der Waals surface area contributed by atoms with Crippen LogP contribution in [0, 0.1) is 11.8 Å². The van der Waals surface area contributed by atoms with Gasteiger partial charge in [0.1, 0.15) is 19.0 Å². The molecule has 0 aromatic heterocycles. The van der Waals surface area contributed by atoms with E-state index in [0.29, 0.717) is 18.0 Å². The molecule has 6 nitrogen and oxygen atoms in total. The van der Waals surface area contributed by atoms with Crippen LogP contribution >= 0.6 is 0 Å². The van der Waals surface area contributed by atoms with E-state index < -0.39 is 0 Å². The maximum atomic E-state index is 11.2. The summed E-state index contributed by atoms with van der Waals surface area (Å²) in [6, 6.07) is 7.04. The Labute approximate surface area is 130 Å². The minimum Gasteiger partial charge on any atom is -0.481 e. The molecular weight excluding hydrogens is 284 g/mol. The summed E-state index contributed by atoms with van der Waals surface area (Å²) in [4.78, 5) is 22.2. The smallest absolute Gasteiger partial charge is 0.246 e. The minimum absolute atomic E-state index is 0.0463. The monoisotopic (exact) mass is 304 g/mol. The van der Waals surface area contributed by atoms with E-state index in [1.807, 2.05) is 6.92 Å². The van der Waals surface area contributed by atoms with Gasteiger partial charge in [0.25, 0.3) is 0 Å². The fraction of sp³-hybridized carbons (Fsp3) is 0.375. The zero-order valence-corrected chi connectivity index (χ0v) is 12.8. The Morgan fingerprint density at radius 1 is 1.27 bits per heavy atom. The summed E-state index contributed by atoms with van der Waals surface area (Å²) < 4.78 is 10.4. The molecule has 2 N–H and O–H groups in total. The molecule has 2 amide bonds. The molecule has 0 aliphatic carbocycles. The third kappa shape index (κ3) is 7.92. The van der Waals surface area contributed by atoms with Gasteiger partial charge in [0.15, 0.2) is 0 Å². The first kappa shape index (κ1) is 17.5. The Balaban J connectivity index is 2.28. The predicted octanol–water partition coefficient (Wildman–Crippen LogP) is 1.18. The van der Waals surface area contributed by atoms with Crippen molar-refractivity contribution in [3.63, 3.8) is 0 Å². The first-order valence-electron chi connectivity index (χ1n) is 6.92.